The number of hydrogen-bond donors (Lipinski definition) is 3. The number of carbonyl (C=O) groups excluding carboxylic acids is 1. The molecule has 1 aliphatic rings. The van der Waals surface area contributed by atoms with Gasteiger partial charge in [0.2, 0.25) is 5.91 Å². The maximum Gasteiger partial charge on any atom is 0.239 e. The minimum atomic E-state index is -0.323. The molecule has 0 bridgehead atoms. The summed E-state index contributed by atoms with van der Waals surface area (Å²) in [5.74, 6) is 0.449. The van der Waals surface area contributed by atoms with Gasteiger partial charge in [-0.1, -0.05) is 19.0 Å². The Morgan fingerprint density at radius 2 is 2.00 bits per heavy atom. The van der Waals surface area contributed by atoms with Crippen molar-refractivity contribution in [1.82, 2.24) is 10.2 Å². The summed E-state index contributed by atoms with van der Waals surface area (Å²) >= 11 is 0. The van der Waals surface area contributed by atoms with Crippen molar-refractivity contribution in [3.63, 3.8) is 0 Å². The van der Waals surface area contributed by atoms with Crippen molar-refractivity contribution in [3.8, 4) is 0 Å². The Hall–Kier alpha value is -1.30. The Balaban J connectivity index is 2.27. The third-order valence-corrected chi connectivity index (χ3v) is 4.27. The Labute approximate surface area is 127 Å². The standard InChI is InChI=1S/C15H30N4O2/c1-12(13(20)19-10-5-4-6-11-19)17-9-7-8-15(2,3)14(16)18-21/h12,17,21H,4-11H2,1-3H3,(H2,16,18). The smallest absolute Gasteiger partial charge is 0.239 e. The molecule has 6 nitrogen and oxygen atoms in total. The van der Waals surface area contributed by atoms with E-state index in [0.717, 1.165) is 45.3 Å². The summed E-state index contributed by atoms with van der Waals surface area (Å²) < 4.78 is 0. The number of nitrogens with zero attached hydrogens (tertiary/aromatic N) is 2. The van der Waals surface area contributed by atoms with Crippen molar-refractivity contribution >= 4 is 11.7 Å². The zero-order valence-corrected chi connectivity index (χ0v) is 13.6. The molecule has 1 rings (SSSR count). The Kier molecular flexibility index (Phi) is 6.95. The summed E-state index contributed by atoms with van der Waals surface area (Å²) in [6.07, 6.45) is 5.15. The molecule has 1 saturated heterocycles. The van der Waals surface area contributed by atoms with E-state index in [1.807, 2.05) is 25.7 Å². The fraction of sp³-hybridized carbons (Fsp3) is 0.867. The van der Waals surface area contributed by atoms with Gasteiger partial charge in [0, 0.05) is 18.5 Å². The van der Waals surface area contributed by atoms with Gasteiger partial charge in [-0.25, -0.2) is 0 Å². The zero-order valence-electron chi connectivity index (χ0n) is 13.6. The van der Waals surface area contributed by atoms with Crippen LogP contribution in [0.15, 0.2) is 5.16 Å². The van der Waals surface area contributed by atoms with Gasteiger partial charge in [0.15, 0.2) is 0 Å². The number of rotatable bonds is 7. The highest BCUT2D eigenvalue weighted by molar-refractivity contribution is 5.85. The summed E-state index contributed by atoms with van der Waals surface area (Å²) in [4.78, 5) is 14.2. The van der Waals surface area contributed by atoms with Crippen molar-refractivity contribution in [2.45, 2.75) is 58.9 Å². The van der Waals surface area contributed by atoms with E-state index in [-0.39, 0.29) is 23.2 Å². The van der Waals surface area contributed by atoms with E-state index >= 15 is 0 Å². The van der Waals surface area contributed by atoms with E-state index in [0.29, 0.717) is 0 Å². The lowest BCUT2D eigenvalue weighted by Gasteiger charge is -2.29. The predicted octanol–water partition coefficient (Wildman–Crippen LogP) is 1.53. The summed E-state index contributed by atoms with van der Waals surface area (Å²) in [7, 11) is 0. The fourth-order valence-corrected chi connectivity index (χ4v) is 2.59. The quantitative estimate of drug-likeness (QED) is 0.218. The number of piperidine rings is 1. The van der Waals surface area contributed by atoms with E-state index in [1.54, 1.807) is 0 Å². The number of amides is 1. The predicted molar refractivity (Wildman–Crippen MR) is 84.3 cm³/mol. The molecule has 21 heavy (non-hydrogen) atoms. The summed E-state index contributed by atoms with van der Waals surface area (Å²) in [5.41, 5.74) is 5.33. The second kappa shape index (κ2) is 8.22. The molecule has 0 aromatic rings. The number of nitrogens with one attached hydrogen (secondary N) is 1. The van der Waals surface area contributed by atoms with Crippen LogP contribution in [0.3, 0.4) is 0 Å². The summed E-state index contributed by atoms with van der Waals surface area (Å²) in [5, 5.41) is 15.1. The lowest BCUT2D eigenvalue weighted by Crippen LogP contribution is -2.47. The maximum absolute atomic E-state index is 12.2. The summed E-state index contributed by atoms with van der Waals surface area (Å²) in [6, 6.07) is -0.143. The van der Waals surface area contributed by atoms with Crippen molar-refractivity contribution in [3.05, 3.63) is 0 Å². The van der Waals surface area contributed by atoms with Crippen LogP contribution in [-0.4, -0.2) is 47.5 Å². The van der Waals surface area contributed by atoms with Gasteiger partial charge in [-0.05, 0) is 45.6 Å². The van der Waals surface area contributed by atoms with Crippen molar-refractivity contribution < 1.29 is 10.0 Å². The van der Waals surface area contributed by atoms with Crippen LogP contribution >= 0.6 is 0 Å². The third kappa shape index (κ3) is 5.53. The number of hydrogen-bond acceptors (Lipinski definition) is 4. The molecule has 0 aromatic carbocycles. The van der Waals surface area contributed by atoms with Crippen LogP contribution in [0.2, 0.25) is 0 Å². The molecule has 122 valence electrons. The molecular weight excluding hydrogens is 268 g/mol. The topological polar surface area (TPSA) is 91.0 Å². The van der Waals surface area contributed by atoms with E-state index in [2.05, 4.69) is 10.5 Å². The lowest BCUT2D eigenvalue weighted by molar-refractivity contribution is -0.133. The molecule has 1 aliphatic heterocycles. The second-order valence-electron chi connectivity index (χ2n) is 6.53. The van der Waals surface area contributed by atoms with Crippen LogP contribution in [-0.2, 0) is 4.79 Å². The number of amidine groups is 1. The molecular formula is C15H30N4O2. The molecule has 1 fully saturated rings. The first-order valence-electron chi connectivity index (χ1n) is 7.88. The largest absolute Gasteiger partial charge is 0.409 e. The lowest BCUT2D eigenvalue weighted by atomic mass is 9.86. The van der Waals surface area contributed by atoms with Crippen LogP contribution in [0.5, 0.6) is 0 Å². The molecule has 0 aliphatic carbocycles. The molecule has 1 heterocycles. The molecule has 0 spiro atoms. The van der Waals surface area contributed by atoms with Gasteiger partial charge < -0.3 is 21.2 Å². The Bertz CT molecular complexity index is 363. The van der Waals surface area contributed by atoms with Crippen LogP contribution in [0.25, 0.3) is 0 Å². The first kappa shape index (κ1) is 17.8. The average molecular weight is 298 g/mol. The number of nitrogens with two attached hydrogens (primary N) is 1. The first-order valence-corrected chi connectivity index (χ1v) is 7.88. The van der Waals surface area contributed by atoms with E-state index in [9.17, 15) is 4.79 Å². The maximum atomic E-state index is 12.2. The van der Waals surface area contributed by atoms with E-state index in [1.165, 1.54) is 6.42 Å². The molecule has 1 atom stereocenters. The Morgan fingerprint density at radius 3 is 2.57 bits per heavy atom. The van der Waals surface area contributed by atoms with Crippen molar-refractivity contribution in [1.29, 1.82) is 0 Å². The normalized spacial score (nSPS) is 18.6. The third-order valence-electron chi connectivity index (χ3n) is 4.27. The van der Waals surface area contributed by atoms with Crippen LogP contribution in [0.1, 0.15) is 52.9 Å². The highest BCUT2D eigenvalue weighted by atomic mass is 16.4. The van der Waals surface area contributed by atoms with Crippen LogP contribution < -0.4 is 11.1 Å². The minimum absolute atomic E-state index is 0.143. The minimum Gasteiger partial charge on any atom is -0.409 e. The molecule has 1 unspecified atom stereocenters. The van der Waals surface area contributed by atoms with Gasteiger partial charge in [0.05, 0.1) is 6.04 Å². The zero-order chi connectivity index (χ0) is 15.9. The number of oxime groups is 1. The van der Waals surface area contributed by atoms with Gasteiger partial charge in [0.25, 0.3) is 0 Å². The SMILES string of the molecule is CC(NCCCC(C)(C)C(N)=NO)C(=O)N1CCCCC1. The van der Waals surface area contributed by atoms with E-state index < -0.39 is 0 Å². The van der Waals surface area contributed by atoms with Gasteiger partial charge in [0.1, 0.15) is 5.84 Å². The number of carbonyl (C=O) groups is 1. The second-order valence-corrected chi connectivity index (χ2v) is 6.53. The van der Waals surface area contributed by atoms with Gasteiger partial charge >= 0.3 is 0 Å². The molecule has 0 radical (unpaired) electrons. The van der Waals surface area contributed by atoms with Gasteiger partial charge in [-0.3, -0.25) is 4.79 Å². The van der Waals surface area contributed by atoms with E-state index in [4.69, 9.17) is 10.9 Å². The van der Waals surface area contributed by atoms with Gasteiger partial charge in [-0.15, -0.1) is 0 Å². The van der Waals surface area contributed by atoms with Crippen LogP contribution in [0.4, 0.5) is 0 Å². The Morgan fingerprint density at radius 1 is 1.38 bits per heavy atom. The number of likely N-dealkylation sites (tertiary alicyclic amines) is 1. The summed E-state index contributed by atoms with van der Waals surface area (Å²) in [6.45, 7) is 8.35. The van der Waals surface area contributed by atoms with Crippen molar-refractivity contribution in [2.24, 2.45) is 16.3 Å². The van der Waals surface area contributed by atoms with Crippen LogP contribution in [0, 0.1) is 5.41 Å². The molecule has 0 saturated carbocycles. The average Bonchev–Trinajstić information content (AvgIpc) is 2.50. The fourth-order valence-electron chi connectivity index (χ4n) is 2.59. The molecule has 6 heteroatoms. The first-order chi connectivity index (χ1) is 9.88. The monoisotopic (exact) mass is 298 g/mol. The highest BCUT2D eigenvalue weighted by Gasteiger charge is 2.24. The highest BCUT2D eigenvalue weighted by Crippen LogP contribution is 2.22. The molecule has 0 aromatic heterocycles. The van der Waals surface area contributed by atoms with Crippen molar-refractivity contribution in [2.75, 3.05) is 19.6 Å². The van der Waals surface area contributed by atoms with Gasteiger partial charge in [-0.2, -0.15) is 0 Å². The molecule has 1 amide bonds. The molecule has 4 N–H and O–H groups in total.